The van der Waals surface area contributed by atoms with Crippen molar-refractivity contribution < 1.29 is 9.59 Å². The highest BCUT2D eigenvalue weighted by Gasteiger charge is 2.17. The van der Waals surface area contributed by atoms with Crippen molar-refractivity contribution in [2.75, 3.05) is 42.7 Å². The quantitative estimate of drug-likeness (QED) is 0.387. The zero-order valence-electron chi connectivity index (χ0n) is 20.3. The second-order valence-corrected chi connectivity index (χ2v) is 9.02. The molecule has 0 unspecified atom stereocenters. The average molecular weight is 485 g/mol. The second-order valence-electron chi connectivity index (χ2n) is 9.02. The van der Waals surface area contributed by atoms with Crippen LogP contribution in [0, 0.1) is 0 Å². The number of fused-ring (bicyclic) bond motifs is 1. The number of nitrogens with zero attached hydrogens (tertiary/aromatic N) is 5. The van der Waals surface area contributed by atoms with Gasteiger partial charge < -0.3 is 20.4 Å². The molecule has 0 atom stereocenters. The zero-order chi connectivity index (χ0) is 25.1. The third-order valence-electron chi connectivity index (χ3n) is 6.19. The van der Waals surface area contributed by atoms with Gasteiger partial charge in [0, 0.05) is 62.3 Å². The van der Waals surface area contributed by atoms with Crippen LogP contribution in [-0.4, -0.2) is 64.2 Å². The number of aromatic amines is 1. The molecule has 10 nitrogen and oxygen atoms in total. The standard InChI is InChI=1S/C26H28N8O2/c1-33(2)26(36)30-20-12-18(15-27-16-20)17-6-7-22-21(13-17)24(32-31-22)25(35)29-19-8-9-28-23(14-19)34-10-4-3-5-11-34/h6-9,12-16H,3-5,10-11H2,1-2H3,(H,30,36)(H,31,32)(H,28,29,35). The number of H-pyrrole nitrogens is 1. The van der Waals surface area contributed by atoms with Crippen molar-refractivity contribution in [1.29, 1.82) is 0 Å². The molecule has 5 rings (SSSR count). The lowest BCUT2D eigenvalue weighted by molar-refractivity contribution is 0.102. The molecule has 1 aliphatic heterocycles. The van der Waals surface area contributed by atoms with Gasteiger partial charge in [-0.25, -0.2) is 9.78 Å². The van der Waals surface area contributed by atoms with Gasteiger partial charge in [0.15, 0.2) is 5.69 Å². The van der Waals surface area contributed by atoms with Crippen molar-refractivity contribution >= 4 is 40.0 Å². The lowest BCUT2D eigenvalue weighted by atomic mass is 10.0. The van der Waals surface area contributed by atoms with Gasteiger partial charge in [-0.2, -0.15) is 5.10 Å². The van der Waals surface area contributed by atoms with Gasteiger partial charge in [0.2, 0.25) is 0 Å². The van der Waals surface area contributed by atoms with Crippen LogP contribution in [0.25, 0.3) is 22.0 Å². The monoisotopic (exact) mass is 484 g/mol. The van der Waals surface area contributed by atoms with Gasteiger partial charge >= 0.3 is 6.03 Å². The van der Waals surface area contributed by atoms with Crippen LogP contribution in [0.5, 0.6) is 0 Å². The summed E-state index contributed by atoms with van der Waals surface area (Å²) in [4.78, 5) is 37.6. The molecule has 1 aliphatic rings. The molecular formula is C26H28N8O2. The number of amides is 3. The maximum Gasteiger partial charge on any atom is 0.321 e. The third kappa shape index (κ3) is 4.97. The molecule has 4 heterocycles. The molecule has 36 heavy (non-hydrogen) atoms. The Hall–Kier alpha value is -4.47. The topological polar surface area (TPSA) is 119 Å². The van der Waals surface area contributed by atoms with Crippen LogP contribution in [0.2, 0.25) is 0 Å². The Labute approximate surface area is 208 Å². The summed E-state index contributed by atoms with van der Waals surface area (Å²) >= 11 is 0. The van der Waals surface area contributed by atoms with Crippen LogP contribution in [0.15, 0.2) is 55.0 Å². The molecule has 10 heteroatoms. The minimum atomic E-state index is -0.306. The Bertz CT molecular complexity index is 1410. The van der Waals surface area contributed by atoms with E-state index < -0.39 is 0 Å². The molecule has 0 aliphatic carbocycles. The number of anilines is 3. The number of urea groups is 1. The summed E-state index contributed by atoms with van der Waals surface area (Å²) in [7, 11) is 3.35. The summed E-state index contributed by atoms with van der Waals surface area (Å²) < 4.78 is 0. The highest BCUT2D eigenvalue weighted by Crippen LogP contribution is 2.27. The molecule has 0 saturated carbocycles. The van der Waals surface area contributed by atoms with E-state index in [0.29, 0.717) is 22.5 Å². The van der Waals surface area contributed by atoms with Gasteiger partial charge in [-0.3, -0.25) is 14.9 Å². The number of rotatable bonds is 5. The number of benzene rings is 1. The number of nitrogens with one attached hydrogen (secondary N) is 3. The van der Waals surface area contributed by atoms with E-state index in [4.69, 9.17) is 0 Å². The molecule has 1 fully saturated rings. The first kappa shape index (κ1) is 23.3. The van der Waals surface area contributed by atoms with Crippen molar-refractivity contribution in [3.63, 3.8) is 0 Å². The summed E-state index contributed by atoms with van der Waals surface area (Å²) in [5.41, 5.74) is 3.96. The molecule has 0 radical (unpaired) electrons. The summed E-state index contributed by atoms with van der Waals surface area (Å²) in [5, 5.41) is 13.7. The first-order valence-electron chi connectivity index (χ1n) is 11.9. The predicted molar refractivity (Wildman–Crippen MR) is 140 cm³/mol. The first-order chi connectivity index (χ1) is 17.5. The van der Waals surface area contributed by atoms with E-state index in [1.807, 2.05) is 30.3 Å². The predicted octanol–water partition coefficient (Wildman–Crippen LogP) is 4.36. The lowest BCUT2D eigenvalue weighted by Crippen LogP contribution is -2.30. The van der Waals surface area contributed by atoms with E-state index in [9.17, 15) is 9.59 Å². The molecule has 3 N–H and O–H groups in total. The summed E-state index contributed by atoms with van der Waals surface area (Å²) in [6.45, 7) is 1.96. The van der Waals surface area contributed by atoms with Gasteiger partial charge in [0.05, 0.1) is 17.4 Å². The fraction of sp³-hybridized carbons (Fsp3) is 0.269. The summed E-state index contributed by atoms with van der Waals surface area (Å²) in [5.74, 6) is 0.565. The van der Waals surface area contributed by atoms with Crippen LogP contribution >= 0.6 is 0 Å². The molecule has 1 saturated heterocycles. The number of hydrogen-bond acceptors (Lipinski definition) is 6. The molecule has 3 aromatic heterocycles. The van der Waals surface area contributed by atoms with Crippen LogP contribution in [-0.2, 0) is 0 Å². The van der Waals surface area contributed by atoms with E-state index in [1.54, 1.807) is 38.8 Å². The van der Waals surface area contributed by atoms with Gasteiger partial charge in [-0.15, -0.1) is 0 Å². The number of carbonyl (C=O) groups is 2. The molecule has 0 bridgehead atoms. The Morgan fingerprint density at radius 1 is 0.944 bits per heavy atom. The van der Waals surface area contributed by atoms with Crippen LogP contribution in [0.3, 0.4) is 0 Å². The van der Waals surface area contributed by atoms with E-state index in [-0.39, 0.29) is 11.9 Å². The molecule has 184 valence electrons. The number of hydrogen-bond donors (Lipinski definition) is 3. The maximum absolute atomic E-state index is 13.2. The Balaban J connectivity index is 1.38. The largest absolute Gasteiger partial charge is 0.357 e. The minimum Gasteiger partial charge on any atom is -0.357 e. The van der Waals surface area contributed by atoms with Crippen LogP contribution < -0.4 is 15.5 Å². The van der Waals surface area contributed by atoms with Crippen molar-refractivity contribution in [3.05, 3.63) is 60.7 Å². The molecule has 1 aromatic carbocycles. The second kappa shape index (κ2) is 10.0. The summed E-state index contributed by atoms with van der Waals surface area (Å²) in [6, 6.07) is 11.0. The third-order valence-corrected chi connectivity index (χ3v) is 6.19. The highest BCUT2D eigenvalue weighted by molar-refractivity contribution is 6.11. The van der Waals surface area contributed by atoms with E-state index in [2.05, 4.69) is 35.7 Å². The van der Waals surface area contributed by atoms with Crippen LogP contribution in [0.1, 0.15) is 29.8 Å². The number of carbonyl (C=O) groups excluding carboxylic acids is 2. The van der Waals surface area contributed by atoms with E-state index >= 15 is 0 Å². The lowest BCUT2D eigenvalue weighted by Gasteiger charge is -2.27. The summed E-state index contributed by atoms with van der Waals surface area (Å²) in [6.07, 6.45) is 8.57. The fourth-order valence-corrected chi connectivity index (χ4v) is 4.25. The Kier molecular flexibility index (Phi) is 6.48. The zero-order valence-corrected chi connectivity index (χ0v) is 20.3. The van der Waals surface area contributed by atoms with E-state index in [1.165, 1.54) is 11.3 Å². The van der Waals surface area contributed by atoms with Crippen molar-refractivity contribution in [2.24, 2.45) is 0 Å². The average Bonchev–Trinajstić information content (AvgIpc) is 3.33. The Morgan fingerprint density at radius 3 is 2.58 bits per heavy atom. The number of pyridine rings is 2. The minimum absolute atomic E-state index is 0.238. The fourth-order valence-electron chi connectivity index (χ4n) is 4.25. The van der Waals surface area contributed by atoms with Gasteiger partial charge in [0.25, 0.3) is 5.91 Å². The molecular weight excluding hydrogens is 456 g/mol. The first-order valence-corrected chi connectivity index (χ1v) is 11.9. The van der Waals surface area contributed by atoms with Crippen molar-refractivity contribution in [3.8, 4) is 11.1 Å². The SMILES string of the molecule is CN(C)C(=O)Nc1cncc(-c2ccc3[nH]nc(C(=O)Nc4ccnc(N5CCCCC5)c4)c3c2)c1. The molecule has 0 spiro atoms. The smallest absolute Gasteiger partial charge is 0.321 e. The van der Waals surface area contributed by atoms with E-state index in [0.717, 1.165) is 48.4 Å². The maximum atomic E-state index is 13.2. The highest BCUT2D eigenvalue weighted by atomic mass is 16.2. The number of aromatic nitrogens is 4. The number of piperidine rings is 1. The van der Waals surface area contributed by atoms with Crippen molar-refractivity contribution in [2.45, 2.75) is 19.3 Å². The molecule has 3 amide bonds. The van der Waals surface area contributed by atoms with Gasteiger partial charge in [0.1, 0.15) is 5.82 Å². The van der Waals surface area contributed by atoms with Crippen molar-refractivity contribution in [1.82, 2.24) is 25.1 Å². The van der Waals surface area contributed by atoms with Gasteiger partial charge in [-0.1, -0.05) is 6.07 Å². The van der Waals surface area contributed by atoms with Crippen LogP contribution in [0.4, 0.5) is 22.0 Å². The van der Waals surface area contributed by atoms with Gasteiger partial charge in [-0.05, 0) is 49.1 Å². The molecule has 4 aromatic rings. The normalized spacial score (nSPS) is 13.4. The Morgan fingerprint density at radius 2 is 1.78 bits per heavy atom.